The summed E-state index contributed by atoms with van der Waals surface area (Å²) in [6.07, 6.45) is 4.73. The van der Waals surface area contributed by atoms with Crippen molar-refractivity contribution in [3.8, 4) is 0 Å². The summed E-state index contributed by atoms with van der Waals surface area (Å²) < 4.78 is 2.01. The lowest BCUT2D eigenvalue weighted by Crippen LogP contribution is -2.09. The number of unbranched alkanes of at least 4 members (excludes halogenated alkanes) is 1. The largest absolute Gasteiger partial charge is 0.393 e. The van der Waals surface area contributed by atoms with Gasteiger partial charge < -0.3 is 5.73 Å². The molecule has 5 heteroatoms. The highest BCUT2D eigenvalue weighted by Crippen LogP contribution is 2.04. The molecule has 0 atom stereocenters. The molecule has 0 aliphatic rings. The number of nitrogens with two attached hydrogens (primary N) is 1. The molecule has 0 saturated heterocycles. The van der Waals surface area contributed by atoms with Crippen molar-refractivity contribution in [2.75, 3.05) is 0 Å². The summed E-state index contributed by atoms with van der Waals surface area (Å²) in [7, 11) is 0. The molecular formula is C11H20N4S. The highest BCUT2D eigenvalue weighted by atomic mass is 32.1. The van der Waals surface area contributed by atoms with Crippen molar-refractivity contribution in [1.82, 2.24) is 14.8 Å². The van der Waals surface area contributed by atoms with Crippen LogP contribution in [0.2, 0.25) is 0 Å². The standard InChI is InChI=1S/C11H20N4S/c1-3-10-13-11(4-2)15(14-10)8-6-5-7-9(12)16/h3-8H2,1-2H3,(H2,12,16). The molecule has 0 bridgehead atoms. The van der Waals surface area contributed by atoms with E-state index in [1.165, 1.54) is 0 Å². The van der Waals surface area contributed by atoms with Gasteiger partial charge in [-0.25, -0.2) is 9.67 Å². The number of thiocarbonyl (C=S) groups is 1. The van der Waals surface area contributed by atoms with E-state index in [9.17, 15) is 0 Å². The van der Waals surface area contributed by atoms with Gasteiger partial charge in [-0.3, -0.25) is 0 Å². The Morgan fingerprint density at radius 1 is 1.31 bits per heavy atom. The second-order valence-electron chi connectivity index (χ2n) is 3.80. The minimum Gasteiger partial charge on any atom is -0.393 e. The molecule has 2 N–H and O–H groups in total. The number of aryl methyl sites for hydroxylation is 3. The zero-order valence-electron chi connectivity index (χ0n) is 10.1. The van der Waals surface area contributed by atoms with Gasteiger partial charge in [0.1, 0.15) is 5.82 Å². The summed E-state index contributed by atoms with van der Waals surface area (Å²) in [5, 5.41) is 4.46. The Morgan fingerprint density at radius 3 is 2.62 bits per heavy atom. The van der Waals surface area contributed by atoms with E-state index in [0.29, 0.717) is 4.99 Å². The van der Waals surface area contributed by atoms with Crippen LogP contribution in [0.1, 0.15) is 44.8 Å². The number of rotatable bonds is 7. The Labute approximate surface area is 102 Å². The Kier molecular flexibility index (Phi) is 5.38. The van der Waals surface area contributed by atoms with Gasteiger partial charge in [-0.2, -0.15) is 5.10 Å². The van der Waals surface area contributed by atoms with Crippen LogP contribution in [0.15, 0.2) is 0 Å². The zero-order valence-corrected chi connectivity index (χ0v) is 10.9. The van der Waals surface area contributed by atoms with Crippen molar-refractivity contribution in [3.05, 3.63) is 11.6 Å². The number of hydrogen-bond acceptors (Lipinski definition) is 3. The van der Waals surface area contributed by atoms with E-state index in [4.69, 9.17) is 18.0 Å². The van der Waals surface area contributed by atoms with Crippen molar-refractivity contribution in [2.45, 2.75) is 52.5 Å². The quantitative estimate of drug-likeness (QED) is 0.584. The number of nitrogens with zero attached hydrogens (tertiary/aromatic N) is 3. The Morgan fingerprint density at radius 2 is 2.06 bits per heavy atom. The van der Waals surface area contributed by atoms with Crippen LogP contribution < -0.4 is 5.73 Å². The third-order valence-electron chi connectivity index (χ3n) is 2.47. The molecule has 1 aromatic rings. The molecule has 1 heterocycles. The number of aromatic nitrogens is 3. The maximum absolute atomic E-state index is 5.45. The van der Waals surface area contributed by atoms with E-state index in [2.05, 4.69) is 23.9 Å². The van der Waals surface area contributed by atoms with Crippen LogP contribution >= 0.6 is 12.2 Å². The fourth-order valence-electron chi connectivity index (χ4n) is 1.58. The second-order valence-corrected chi connectivity index (χ2v) is 4.32. The van der Waals surface area contributed by atoms with Crippen LogP contribution in [0.3, 0.4) is 0 Å². The molecule has 0 aliphatic heterocycles. The molecule has 0 amide bonds. The average molecular weight is 240 g/mol. The molecule has 0 unspecified atom stereocenters. The van der Waals surface area contributed by atoms with Crippen LogP contribution in [0.4, 0.5) is 0 Å². The summed E-state index contributed by atoms with van der Waals surface area (Å²) in [5.41, 5.74) is 5.45. The van der Waals surface area contributed by atoms with Gasteiger partial charge in [0.2, 0.25) is 0 Å². The van der Waals surface area contributed by atoms with Gasteiger partial charge >= 0.3 is 0 Å². The van der Waals surface area contributed by atoms with Gasteiger partial charge in [0.25, 0.3) is 0 Å². The lowest BCUT2D eigenvalue weighted by Gasteiger charge is -2.03. The molecule has 0 saturated carbocycles. The molecule has 0 radical (unpaired) electrons. The predicted molar refractivity (Wildman–Crippen MR) is 69.4 cm³/mol. The first-order valence-electron chi connectivity index (χ1n) is 5.88. The van der Waals surface area contributed by atoms with E-state index >= 15 is 0 Å². The Hall–Kier alpha value is -0.970. The van der Waals surface area contributed by atoms with Crippen LogP contribution in [0.5, 0.6) is 0 Å². The van der Waals surface area contributed by atoms with Gasteiger partial charge in [0, 0.05) is 19.4 Å². The van der Waals surface area contributed by atoms with Gasteiger partial charge in [-0.15, -0.1) is 0 Å². The molecule has 0 spiro atoms. The van der Waals surface area contributed by atoms with Crippen molar-refractivity contribution in [1.29, 1.82) is 0 Å². The van der Waals surface area contributed by atoms with E-state index < -0.39 is 0 Å². The van der Waals surface area contributed by atoms with Gasteiger partial charge in [-0.1, -0.05) is 26.1 Å². The van der Waals surface area contributed by atoms with Crippen molar-refractivity contribution in [2.24, 2.45) is 5.73 Å². The maximum Gasteiger partial charge on any atom is 0.150 e. The zero-order chi connectivity index (χ0) is 12.0. The molecule has 0 aliphatic carbocycles. The Bertz CT molecular complexity index is 346. The second kappa shape index (κ2) is 6.58. The van der Waals surface area contributed by atoms with Gasteiger partial charge in [0.15, 0.2) is 5.82 Å². The average Bonchev–Trinajstić information content (AvgIpc) is 2.66. The molecular weight excluding hydrogens is 220 g/mol. The van der Waals surface area contributed by atoms with E-state index in [-0.39, 0.29) is 0 Å². The molecule has 4 nitrogen and oxygen atoms in total. The third kappa shape index (κ3) is 3.89. The van der Waals surface area contributed by atoms with Crippen molar-refractivity contribution >= 4 is 17.2 Å². The first-order chi connectivity index (χ1) is 7.67. The third-order valence-corrected chi connectivity index (χ3v) is 2.67. The topological polar surface area (TPSA) is 56.7 Å². The lowest BCUT2D eigenvalue weighted by molar-refractivity contribution is 0.538. The number of hydrogen-bond donors (Lipinski definition) is 1. The van der Waals surface area contributed by atoms with Gasteiger partial charge in [-0.05, 0) is 19.3 Å². The Balaban J connectivity index is 2.45. The first kappa shape index (κ1) is 13.1. The highest BCUT2D eigenvalue weighted by molar-refractivity contribution is 7.80. The SMILES string of the molecule is CCc1nc(CC)n(CCCCC(N)=S)n1. The van der Waals surface area contributed by atoms with Crippen molar-refractivity contribution < 1.29 is 0 Å². The predicted octanol–water partition coefficient (Wildman–Crippen LogP) is 1.86. The summed E-state index contributed by atoms with van der Waals surface area (Å²) in [5.74, 6) is 2.01. The van der Waals surface area contributed by atoms with Crippen molar-refractivity contribution in [3.63, 3.8) is 0 Å². The molecule has 0 fully saturated rings. The molecule has 90 valence electrons. The van der Waals surface area contributed by atoms with E-state index in [1.807, 2.05) is 4.68 Å². The summed E-state index contributed by atoms with van der Waals surface area (Å²) in [6.45, 7) is 5.10. The first-order valence-corrected chi connectivity index (χ1v) is 6.29. The smallest absolute Gasteiger partial charge is 0.150 e. The molecule has 1 aromatic heterocycles. The maximum atomic E-state index is 5.45. The minimum atomic E-state index is 0.601. The van der Waals surface area contributed by atoms with E-state index in [1.54, 1.807) is 0 Å². The molecule has 0 aromatic carbocycles. The van der Waals surface area contributed by atoms with Crippen LogP contribution in [-0.2, 0) is 19.4 Å². The summed E-state index contributed by atoms with van der Waals surface area (Å²) >= 11 is 4.84. The van der Waals surface area contributed by atoms with Gasteiger partial charge in [0.05, 0.1) is 4.99 Å². The van der Waals surface area contributed by atoms with Crippen LogP contribution in [0.25, 0.3) is 0 Å². The van der Waals surface area contributed by atoms with E-state index in [0.717, 1.165) is 50.3 Å². The van der Waals surface area contributed by atoms with Crippen LogP contribution in [0, 0.1) is 0 Å². The fraction of sp³-hybridized carbons (Fsp3) is 0.727. The minimum absolute atomic E-state index is 0.601. The fourth-order valence-corrected chi connectivity index (χ4v) is 1.72. The molecule has 16 heavy (non-hydrogen) atoms. The monoisotopic (exact) mass is 240 g/mol. The molecule has 1 rings (SSSR count). The normalized spacial score (nSPS) is 10.6. The summed E-state index contributed by atoms with van der Waals surface area (Å²) in [6, 6.07) is 0. The summed E-state index contributed by atoms with van der Waals surface area (Å²) in [4.78, 5) is 5.06. The highest BCUT2D eigenvalue weighted by Gasteiger charge is 2.06. The lowest BCUT2D eigenvalue weighted by atomic mass is 10.2. The van der Waals surface area contributed by atoms with Crippen LogP contribution in [-0.4, -0.2) is 19.8 Å².